The minimum absolute atomic E-state index is 0.175. The fourth-order valence-electron chi connectivity index (χ4n) is 2.20. The van der Waals surface area contributed by atoms with Gasteiger partial charge in [0.2, 0.25) is 5.91 Å². The Bertz CT molecular complexity index is 935. The summed E-state index contributed by atoms with van der Waals surface area (Å²) >= 11 is 7.20. The third-order valence-electron chi connectivity index (χ3n) is 3.43. The predicted molar refractivity (Wildman–Crippen MR) is 108 cm³/mol. The average molecular weight is 383 g/mol. The molecule has 3 aromatic rings. The average Bonchev–Trinajstić information content (AvgIpc) is 3.16. The zero-order valence-corrected chi connectivity index (χ0v) is 15.2. The second kappa shape index (κ2) is 8.47. The molecule has 3 rings (SSSR count). The molecule has 0 aliphatic carbocycles. The summed E-state index contributed by atoms with van der Waals surface area (Å²) in [5.74, 6) is -0.437. The summed E-state index contributed by atoms with van der Waals surface area (Å²) in [6.45, 7) is 0. The van der Waals surface area contributed by atoms with Crippen LogP contribution in [-0.2, 0) is 4.79 Å². The van der Waals surface area contributed by atoms with E-state index in [1.54, 1.807) is 48.5 Å². The van der Waals surface area contributed by atoms with E-state index in [1.807, 2.05) is 23.6 Å². The van der Waals surface area contributed by atoms with Crippen molar-refractivity contribution in [2.45, 2.75) is 0 Å². The lowest BCUT2D eigenvalue weighted by molar-refractivity contribution is -0.111. The van der Waals surface area contributed by atoms with Gasteiger partial charge in [0.05, 0.1) is 4.88 Å². The number of benzene rings is 2. The first-order chi connectivity index (χ1) is 12.6. The van der Waals surface area contributed by atoms with Crippen LogP contribution in [0.2, 0.25) is 5.02 Å². The van der Waals surface area contributed by atoms with Crippen LogP contribution in [0.3, 0.4) is 0 Å². The van der Waals surface area contributed by atoms with Crippen LogP contribution in [0, 0.1) is 0 Å². The molecule has 0 bridgehead atoms. The first kappa shape index (κ1) is 17.9. The van der Waals surface area contributed by atoms with Crippen LogP contribution in [0.5, 0.6) is 0 Å². The van der Waals surface area contributed by atoms with Gasteiger partial charge in [0.15, 0.2) is 0 Å². The molecule has 0 radical (unpaired) electrons. The molecule has 0 saturated carbocycles. The van der Waals surface area contributed by atoms with Crippen molar-refractivity contribution in [2.24, 2.45) is 0 Å². The lowest BCUT2D eigenvalue weighted by atomic mass is 10.2. The SMILES string of the molecule is O=C(/C=C/c1ccc(Cl)cc1)Nc1cccc(NC(=O)c2cccs2)c1. The molecule has 0 unspecified atom stereocenters. The summed E-state index contributed by atoms with van der Waals surface area (Å²) in [5.41, 5.74) is 2.09. The Kier molecular flexibility index (Phi) is 5.84. The Hall–Kier alpha value is -2.89. The maximum atomic E-state index is 12.1. The minimum Gasteiger partial charge on any atom is -0.322 e. The van der Waals surface area contributed by atoms with Crippen molar-refractivity contribution < 1.29 is 9.59 Å². The van der Waals surface area contributed by atoms with Crippen molar-refractivity contribution in [2.75, 3.05) is 10.6 Å². The van der Waals surface area contributed by atoms with E-state index in [1.165, 1.54) is 17.4 Å². The number of anilines is 2. The summed E-state index contributed by atoms with van der Waals surface area (Å²) in [4.78, 5) is 24.8. The van der Waals surface area contributed by atoms with Gasteiger partial charge in [-0.2, -0.15) is 0 Å². The van der Waals surface area contributed by atoms with Crippen molar-refractivity contribution in [1.82, 2.24) is 0 Å². The maximum Gasteiger partial charge on any atom is 0.265 e. The Morgan fingerprint density at radius 3 is 2.35 bits per heavy atom. The predicted octanol–water partition coefficient (Wildman–Crippen LogP) is 5.31. The number of hydrogen-bond donors (Lipinski definition) is 2. The standard InChI is InChI=1S/C20H15ClN2O2S/c21-15-9-6-14(7-10-15)8-11-19(24)22-16-3-1-4-17(13-16)23-20(25)18-5-2-12-26-18/h1-13H,(H,22,24)(H,23,25)/b11-8+. The number of carbonyl (C=O) groups is 2. The highest BCUT2D eigenvalue weighted by atomic mass is 35.5. The monoisotopic (exact) mass is 382 g/mol. The quantitative estimate of drug-likeness (QED) is 0.588. The highest BCUT2D eigenvalue weighted by molar-refractivity contribution is 7.12. The molecule has 130 valence electrons. The summed E-state index contributed by atoms with van der Waals surface area (Å²) < 4.78 is 0. The van der Waals surface area contributed by atoms with E-state index in [0.717, 1.165) is 5.56 Å². The van der Waals surface area contributed by atoms with Gasteiger partial charge in [-0.1, -0.05) is 35.9 Å². The fraction of sp³-hybridized carbons (Fsp3) is 0. The van der Waals surface area contributed by atoms with Gasteiger partial charge in [-0.3, -0.25) is 9.59 Å². The molecule has 0 saturated heterocycles. The molecule has 0 spiro atoms. The van der Waals surface area contributed by atoms with E-state index in [2.05, 4.69) is 10.6 Å². The van der Waals surface area contributed by atoms with Crippen LogP contribution >= 0.6 is 22.9 Å². The largest absolute Gasteiger partial charge is 0.322 e. The Labute approximate surface area is 160 Å². The molecule has 4 nitrogen and oxygen atoms in total. The molecule has 2 amide bonds. The van der Waals surface area contributed by atoms with Crippen LogP contribution in [0.15, 0.2) is 72.1 Å². The first-order valence-corrected chi connectivity index (χ1v) is 9.05. The van der Waals surface area contributed by atoms with E-state index in [0.29, 0.717) is 21.3 Å². The summed E-state index contributed by atoms with van der Waals surface area (Å²) in [7, 11) is 0. The molecule has 1 heterocycles. The lowest BCUT2D eigenvalue weighted by Crippen LogP contribution is -2.11. The smallest absolute Gasteiger partial charge is 0.265 e. The second-order valence-electron chi connectivity index (χ2n) is 5.39. The molecule has 2 N–H and O–H groups in total. The number of rotatable bonds is 5. The highest BCUT2D eigenvalue weighted by Gasteiger charge is 2.07. The zero-order chi connectivity index (χ0) is 18.4. The lowest BCUT2D eigenvalue weighted by Gasteiger charge is -2.07. The van der Waals surface area contributed by atoms with Crippen molar-refractivity contribution >= 4 is 52.2 Å². The van der Waals surface area contributed by atoms with Gasteiger partial charge in [-0.25, -0.2) is 0 Å². The van der Waals surface area contributed by atoms with Crippen LogP contribution in [-0.4, -0.2) is 11.8 Å². The first-order valence-electron chi connectivity index (χ1n) is 7.80. The number of nitrogens with one attached hydrogen (secondary N) is 2. The van der Waals surface area contributed by atoms with Gasteiger partial charge >= 0.3 is 0 Å². The van der Waals surface area contributed by atoms with Crippen LogP contribution < -0.4 is 10.6 Å². The van der Waals surface area contributed by atoms with Gasteiger partial charge in [0.25, 0.3) is 5.91 Å². The number of amides is 2. The summed E-state index contributed by atoms with van der Waals surface area (Å²) in [5, 5.41) is 8.07. The van der Waals surface area contributed by atoms with Gasteiger partial charge in [-0.05, 0) is 53.4 Å². The molecule has 6 heteroatoms. The Morgan fingerprint density at radius 2 is 1.65 bits per heavy atom. The molecule has 0 fully saturated rings. The van der Waals surface area contributed by atoms with E-state index in [-0.39, 0.29) is 11.8 Å². The van der Waals surface area contributed by atoms with E-state index in [9.17, 15) is 9.59 Å². The molecule has 26 heavy (non-hydrogen) atoms. The fourth-order valence-corrected chi connectivity index (χ4v) is 2.95. The molecule has 0 aliphatic heterocycles. The van der Waals surface area contributed by atoms with E-state index in [4.69, 9.17) is 11.6 Å². The molecular weight excluding hydrogens is 368 g/mol. The number of halogens is 1. The third kappa shape index (κ3) is 5.05. The molecule has 0 aliphatic rings. The van der Waals surface area contributed by atoms with Gasteiger partial charge in [0, 0.05) is 22.5 Å². The van der Waals surface area contributed by atoms with Crippen molar-refractivity contribution in [3.8, 4) is 0 Å². The second-order valence-corrected chi connectivity index (χ2v) is 6.77. The highest BCUT2D eigenvalue weighted by Crippen LogP contribution is 2.18. The van der Waals surface area contributed by atoms with Crippen LogP contribution in [0.4, 0.5) is 11.4 Å². The third-order valence-corrected chi connectivity index (χ3v) is 4.55. The van der Waals surface area contributed by atoms with Crippen molar-refractivity contribution in [1.29, 1.82) is 0 Å². The summed E-state index contributed by atoms with van der Waals surface area (Å²) in [6.07, 6.45) is 3.15. The maximum absolute atomic E-state index is 12.1. The van der Waals surface area contributed by atoms with Crippen LogP contribution in [0.1, 0.15) is 15.2 Å². The molecule has 1 aromatic heterocycles. The number of carbonyl (C=O) groups excluding carboxylic acids is 2. The van der Waals surface area contributed by atoms with Crippen molar-refractivity contribution in [3.05, 3.63) is 87.6 Å². The van der Waals surface area contributed by atoms with E-state index >= 15 is 0 Å². The zero-order valence-electron chi connectivity index (χ0n) is 13.6. The minimum atomic E-state index is -0.262. The normalized spacial score (nSPS) is 10.7. The van der Waals surface area contributed by atoms with E-state index < -0.39 is 0 Å². The Balaban J connectivity index is 1.61. The Morgan fingerprint density at radius 1 is 0.923 bits per heavy atom. The van der Waals surface area contributed by atoms with Gasteiger partial charge in [0.1, 0.15) is 0 Å². The molecule has 2 aromatic carbocycles. The number of hydrogen-bond acceptors (Lipinski definition) is 3. The van der Waals surface area contributed by atoms with Gasteiger partial charge in [-0.15, -0.1) is 11.3 Å². The van der Waals surface area contributed by atoms with Crippen molar-refractivity contribution in [3.63, 3.8) is 0 Å². The van der Waals surface area contributed by atoms with Crippen LogP contribution in [0.25, 0.3) is 6.08 Å². The number of thiophene rings is 1. The molecular formula is C20H15ClN2O2S. The summed E-state index contributed by atoms with van der Waals surface area (Å²) in [6, 6.07) is 17.8. The van der Waals surface area contributed by atoms with Gasteiger partial charge < -0.3 is 10.6 Å². The topological polar surface area (TPSA) is 58.2 Å². The molecule has 0 atom stereocenters.